The Labute approximate surface area is 134 Å². The lowest BCUT2D eigenvalue weighted by Gasteiger charge is -2.11. The van der Waals surface area contributed by atoms with Crippen molar-refractivity contribution in [1.29, 1.82) is 0 Å². The maximum atomic E-state index is 5.27. The lowest BCUT2D eigenvalue weighted by Crippen LogP contribution is -2.38. The Morgan fingerprint density at radius 1 is 1.00 bits per heavy atom. The largest absolute Gasteiger partial charge is 0.385 e. The Morgan fingerprint density at radius 3 is 2.26 bits per heavy atom. The van der Waals surface area contributed by atoms with E-state index in [1.807, 2.05) is 6.92 Å². The van der Waals surface area contributed by atoms with Crippen LogP contribution >= 0.6 is 24.0 Å². The fourth-order valence-electron chi connectivity index (χ4n) is 1.50. The van der Waals surface area contributed by atoms with Gasteiger partial charge in [-0.05, 0) is 32.6 Å². The zero-order valence-corrected chi connectivity index (χ0v) is 14.9. The number of nitrogens with one attached hydrogen (secondary N) is 2. The van der Waals surface area contributed by atoms with Crippen molar-refractivity contribution in [2.45, 2.75) is 32.6 Å². The quantitative estimate of drug-likeness (QED) is 0.247. The van der Waals surface area contributed by atoms with Crippen LogP contribution in [-0.4, -0.2) is 53.0 Å². The molecule has 0 aromatic heterocycles. The average Bonchev–Trinajstić information content (AvgIpc) is 2.40. The molecule has 0 amide bonds. The summed E-state index contributed by atoms with van der Waals surface area (Å²) in [7, 11) is 3.54. The van der Waals surface area contributed by atoms with Gasteiger partial charge in [-0.2, -0.15) is 0 Å². The number of hydrogen-bond donors (Lipinski definition) is 2. The normalized spacial score (nSPS) is 11.0. The van der Waals surface area contributed by atoms with Gasteiger partial charge in [0.05, 0.1) is 0 Å². The Balaban J connectivity index is 0. The fourth-order valence-corrected chi connectivity index (χ4v) is 1.50. The van der Waals surface area contributed by atoms with E-state index < -0.39 is 0 Å². The Kier molecular flexibility index (Phi) is 20.0. The van der Waals surface area contributed by atoms with Crippen molar-refractivity contribution in [3.8, 4) is 0 Å². The predicted octanol–water partition coefficient (Wildman–Crippen LogP) is 2.01. The zero-order valence-electron chi connectivity index (χ0n) is 12.5. The van der Waals surface area contributed by atoms with E-state index in [1.165, 1.54) is 6.42 Å². The molecule has 0 aliphatic heterocycles. The average molecular weight is 387 g/mol. The smallest absolute Gasteiger partial charge is 0.190 e. The van der Waals surface area contributed by atoms with Crippen molar-refractivity contribution >= 4 is 29.9 Å². The first kappa shape index (κ1) is 21.2. The number of hydrogen-bond acceptors (Lipinski definition) is 3. The summed E-state index contributed by atoms with van der Waals surface area (Å²) in [5.74, 6) is 0.873. The third-order valence-corrected chi connectivity index (χ3v) is 2.50. The SMILES string of the molecule is CCOCCCNC(=NC)NCCCCCOC.I. The maximum Gasteiger partial charge on any atom is 0.190 e. The molecule has 0 radical (unpaired) electrons. The minimum Gasteiger partial charge on any atom is -0.385 e. The summed E-state index contributed by atoms with van der Waals surface area (Å²) in [6.45, 7) is 6.30. The Bertz CT molecular complexity index is 204. The lowest BCUT2D eigenvalue weighted by molar-refractivity contribution is 0.145. The summed E-state index contributed by atoms with van der Waals surface area (Å²) in [6, 6.07) is 0. The highest BCUT2D eigenvalue weighted by Crippen LogP contribution is 1.93. The minimum atomic E-state index is 0. The number of halogens is 1. The molecule has 0 rings (SSSR count). The van der Waals surface area contributed by atoms with Crippen molar-refractivity contribution in [1.82, 2.24) is 10.6 Å². The van der Waals surface area contributed by atoms with E-state index in [1.54, 1.807) is 14.2 Å². The van der Waals surface area contributed by atoms with Gasteiger partial charge in [-0.1, -0.05) is 0 Å². The summed E-state index contributed by atoms with van der Waals surface area (Å²) in [6.07, 6.45) is 4.45. The number of guanidine groups is 1. The van der Waals surface area contributed by atoms with Crippen LogP contribution in [0.1, 0.15) is 32.6 Å². The highest BCUT2D eigenvalue weighted by Gasteiger charge is 1.96. The first-order chi connectivity index (χ1) is 8.85. The molecule has 0 aromatic rings. The van der Waals surface area contributed by atoms with E-state index in [-0.39, 0.29) is 24.0 Å². The molecule has 0 heterocycles. The van der Waals surface area contributed by atoms with Crippen LogP contribution in [0.3, 0.4) is 0 Å². The number of aliphatic imine (C=N–C) groups is 1. The first-order valence-electron chi connectivity index (χ1n) is 6.86. The van der Waals surface area contributed by atoms with Crippen molar-refractivity contribution in [3.63, 3.8) is 0 Å². The van der Waals surface area contributed by atoms with E-state index >= 15 is 0 Å². The molecule has 0 spiro atoms. The van der Waals surface area contributed by atoms with Crippen LogP contribution in [0.25, 0.3) is 0 Å². The van der Waals surface area contributed by atoms with Crippen LogP contribution in [0.5, 0.6) is 0 Å². The number of rotatable bonds is 11. The molecule has 19 heavy (non-hydrogen) atoms. The molecular formula is C13H30IN3O2. The van der Waals surface area contributed by atoms with E-state index in [0.29, 0.717) is 0 Å². The van der Waals surface area contributed by atoms with Gasteiger partial charge in [0.2, 0.25) is 0 Å². The van der Waals surface area contributed by atoms with Crippen LogP contribution in [0.4, 0.5) is 0 Å². The van der Waals surface area contributed by atoms with Gasteiger partial charge >= 0.3 is 0 Å². The van der Waals surface area contributed by atoms with Crippen molar-refractivity contribution in [3.05, 3.63) is 0 Å². The minimum absolute atomic E-state index is 0. The summed E-state index contributed by atoms with van der Waals surface area (Å²) in [5, 5.41) is 6.56. The summed E-state index contributed by atoms with van der Waals surface area (Å²) >= 11 is 0. The number of ether oxygens (including phenoxy) is 2. The van der Waals surface area contributed by atoms with E-state index in [4.69, 9.17) is 9.47 Å². The molecule has 0 saturated heterocycles. The number of unbranched alkanes of at least 4 members (excludes halogenated alkanes) is 2. The van der Waals surface area contributed by atoms with Crippen LogP contribution in [0, 0.1) is 0 Å². The van der Waals surface area contributed by atoms with Gasteiger partial charge in [0.1, 0.15) is 0 Å². The van der Waals surface area contributed by atoms with Crippen molar-refractivity contribution < 1.29 is 9.47 Å². The molecule has 2 N–H and O–H groups in total. The Hall–Kier alpha value is -0.0800. The zero-order chi connectivity index (χ0) is 13.5. The van der Waals surface area contributed by atoms with Gasteiger partial charge in [-0.3, -0.25) is 4.99 Å². The molecule has 116 valence electrons. The van der Waals surface area contributed by atoms with Gasteiger partial charge in [-0.15, -0.1) is 24.0 Å². The van der Waals surface area contributed by atoms with E-state index in [0.717, 1.165) is 58.1 Å². The predicted molar refractivity (Wildman–Crippen MR) is 91.6 cm³/mol. The summed E-state index contributed by atoms with van der Waals surface area (Å²) in [4.78, 5) is 4.17. The topological polar surface area (TPSA) is 54.9 Å². The molecule has 0 aliphatic carbocycles. The molecule has 0 unspecified atom stereocenters. The number of methoxy groups -OCH3 is 1. The second-order valence-electron chi connectivity index (χ2n) is 4.03. The lowest BCUT2D eigenvalue weighted by atomic mass is 10.2. The molecular weight excluding hydrogens is 357 g/mol. The van der Waals surface area contributed by atoms with Gasteiger partial charge in [-0.25, -0.2) is 0 Å². The van der Waals surface area contributed by atoms with Crippen molar-refractivity contribution in [2.24, 2.45) is 4.99 Å². The first-order valence-corrected chi connectivity index (χ1v) is 6.86. The van der Waals surface area contributed by atoms with Crippen LogP contribution in [0.15, 0.2) is 4.99 Å². The second kappa shape index (κ2) is 17.9. The highest BCUT2D eigenvalue weighted by molar-refractivity contribution is 14.0. The third kappa shape index (κ3) is 15.9. The standard InChI is InChI=1S/C13H29N3O2.HI/c1-4-18-12-8-10-16-13(14-2)15-9-6-5-7-11-17-3;/h4-12H2,1-3H3,(H2,14,15,16);1H. The van der Waals surface area contributed by atoms with Gasteiger partial charge in [0, 0.05) is 47.1 Å². The third-order valence-electron chi connectivity index (χ3n) is 2.50. The number of nitrogens with zero attached hydrogens (tertiary/aromatic N) is 1. The van der Waals surface area contributed by atoms with E-state index in [9.17, 15) is 0 Å². The van der Waals surface area contributed by atoms with Crippen LogP contribution < -0.4 is 10.6 Å². The summed E-state index contributed by atoms with van der Waals surface area (Å²) < 4.78 is 10.3. The molecule has 0 aliphatic rings. The van der Waals surface area contributed by atoms with Crippen LogP contribution in [0.2, 0.25) is 0 Å². The molecule has 0 bridgehead atoms. The van der Waals surface area contributed by atoms with Crippen molar-refractivity contribution in [2.75, 3.05) is 47.1 Å². The van der Waals surface area contributed by atoms with Gasteiger partial charge < -0.3 is 20.1 Å². The van der Waals surface area contributed by atoms with Crippen LogP contribution in [-0.2, 0) is 9.47 Å². The van der Waals surface area contributed by atoms with E-state index in [2.05, 4.69) is 15.6 Å². The summed E-state index contributed by atoms with van der Waals surface area (Å²) in [5.41, 5.74) is 0. The van der Waals surface area contributed by atoms with Gasteiger partial charge in [0.25, 0.3) is 0 Å². The van der Waals surface area contributed by atoms with Gasteiger partial charge in [0.15, 0.2) is 5.96 Å². The molecule has 0 saturated carbocycles. The highest BCUT2D eigenvalue weighted by atomic mass is 127. The maximum absolute atomic E-state index is 5.27. The molecule has 0 fully saturated rings. The molecule has 0 aromatic carbocycles. The fraction of sp³-hybridized carbons (Fsp3) is 0.923. The Morgan fingerprint density at radius 2 is 1.68 bits per heavy atom. The molecule has 0 atom stereocenters. The molecule has 5 nitrogen and oxygen atoms in total. The molecule has 6 heteroatoms. The second-order valence-corrected chi connectivity index (χ2v) is 4.03. The monoisotopic (exact) mass is 387 g/mol.